The first-order valence-corrected chi connectivity index (χ1v) is 9.43. The summed E-state index contributed by atoms with van der Waals surface area (Å²) in [5.41, 5.74) is 10.5. The highest BCUT2D eigenvalue weighted by Crippen LogP contribution is 2.40. The maximum absolute atomic E-state index is 13.1. The monoisotopic (exact) mass is 379 g/mol. The molecular formula is C21H25N5O2. The molecule has 4 bridgehead atoms. The molecule has 3 aromatic rings. The zero-order chi connectivity index (χ0) is 20.2. The molecule has 28 heavy (non-hydrogen) atoms. The fraction of sp³-hybridized carbons (Fsp3) is 0.381. The van der Waals surface area contributed by atoms with Gasteiger partial charge in [-0.15, -0.1) is 0 Å². The number of carbonyl (C=O) groups is 1. The molecule has 2 aromatic heterocycles. The van der Waals surface area contributed by atoms with Gasteiger partial charge in [0.05, 0.1) is 12.2 Å². The summed E-state index contributed by atoms with van der Waals surface area (Å²) in [6, 6.07) is 9.39. The van der Waals surface area contributed by atoms with Crippen LogP contribution in [-0.4, -0.2) is 26.3 Å². The van der Waals surface area contributed by atoms with Gasteiger partial charge in [-0.1, -0.05) is 26.0 Å². The number of fused-ring (bicyclic) bond motifs is 1. The number of hydrogen-bond donors (Lipinski definition) is 1. The molecule has 0 unspecified atom stereocenters. The number of nitrogens with two attached hydrogens (primary N) is 1. The van der Waals surface area contributed by atoms with Gasteiger partial charge in [0.2, 0.25) is 0 Å². The van der Waals surface area contributed by atoms with Gasteiger partial charge in [-0.25, -0.2) is 9.78 Å². The molecule has 0 radical (unpaired) electrons. The Kier molecular flexibility index (Phi) is 4.06. The van der Waals surface area contributed by atoms with E-state index in [4.69, 9.17) is 10.5 Å². The molecule has 2 aliphatic rings. The van der Waals surface area contributed by atoms with E-state index in [-0.39, 0.29) is 0 Å². The van der Waals surface area contributed by atoms with Crippen LogP contribution in [0.2, 0.25) is 0 Å². The number of ether oxygens (including phenoxy) is 1. The second-order valence-corrected chi connectivity index (χ2v) is 8.46. The molecule has 0 saturated heterocycles. The van der Waals surface area contributed by atoms with Crippen molar-refractivity contribution >= 4 is 23.2 Å². The smallest absolute Gasteiger partial charge is 0.416 e. The summed E-state index contributed by atoms with van der Waals surface area (Å²) in [6.45, 7) is 10.1. The van der Waals surface area contributed by atoms with Crippen LogP contribution in [0.3, 0.4) is 0 Å². The van der Waals surface area contributed by atoms with Crippen LogP contribution in [0.1, 0.15) is 51.7 Å². The maximum atomic E-state index is 13.1. The number of nitrogens with zero attached hydrogens (tertiary/aromatic N) is 4. The number of nitrogen functional groups attached to an aromatic ring is 1. The predicted octanol–water partition coefficient (Wildman–Crippen LogP) is 4.36. The SMILES string of the molecule is CC(C)c1c2nn3c(N(Cc4cccc(N)c4)C(=O)OC(C)(C)C)cc-2nc13. The Hall–Kier alpha value is -3.09. The number of benzene rings is 1. The van der Waals surface area contributed by atoms with Crippen LogP contribution in [0, 0.1) is 0 Å². The minimum absolute atomic E-state index is 0.302. The third-order valence-corrected chi connectivity index (χ3v) is 4.61. The lowest BCUT2D eigenvalue weighted by atomic mass is 10.0. The Morgan fingerprint density at radius 2 is 2.04 bits per heavy atom. The van der Waals surface area contributed by atoms with E-state index < -0.39 is 11.7 Å². The summed E-state index contributed by atoms with van der Waals surface area (Å²) < 4.78 is 7.41. The van der Waals surface area contributed by atoms with Crippen molar-refractivity contribution in [3.05, 3.63) is 41.5 Å². The average Bonchev–Trinajstić information content (AvgIpc) is 3.10. The van der Waals surface area contributed by atoms with E-state index in [1.807, 2.05) is 51.1 Å². The van der Waals surface area contributed by atoms with Crippen molar-refractivity contribution in [1.29, 1.82) is 0 Å². The summed E-state index contributed by atoms with van der Waals surface area (Å²) >= 11 is 0. The first-order chi connectivity index (χ1) is 13.1. The minimum atomic E-state index is -0.609. The summed E-state index contributed by atoms with van der Waals surface area (Å²) in [4.78, 5) is 19.3. The normalized spacial score (nSPS) is 12.5. The number of anilines is 2. The first kappa shape index (κ1) is 18.3. The third-order valence-electron chi connectivity index (χ3n) is 4.61. The Labute approximate surface area is 164 Å². The van der Waals surface area contributed by atoms with E-state index in [1.54, 1.807) is 9.42 Å². The second-order valence-electron chi connectivity index (χ2n) is 8.46. The van der Waals surface area contributed by atoms with Crippen molar-refractivity contribution in [2.75, 3.05) is 10.6 Å². The fourth-order valence-corrected chi connectivity index (χ4v) is 3.48. The maximum Gasteiger partial charge on any atom is 0.416 e. The van der Waals surface area contributed by atoms with Crippen LogP contribution in [0.5, 0.6) is 0 Å². The van der Waals surface area contributed by atoms with E-state index in [1.165, 1.54) is 0 Å². The lowest BCUT2D eigenvalue weighted by Gasteiger charge is -2.28. The van der Waals surface area contributed by atoms with Gasteiger partial charge in [0.15, 0.2) is 5.65 Å². The summed E-state index contributed by atoms with van der Waals surface area (Å²) in [7, 11) is 0. The lowest BCUT2D eigenvalue weighted by Crippen LogP contribution is -2.38. The molecule has 2 N–H and O–H groups in total. The van der Waals surface area contributed by atoms with Gasteiger partial charge in [0, 0.05) is 17.3 Å². The molecule has 0 atom stereocenters. The summed E-state index contributed by atoms with van der Waals surface area (Å²) in [6.07, 6.45) is -0.432. The highest BCUT2D eigenvalue weighted by atomic mass is 16.6. The number of amides is 1. The van der Waals surface area contributed by atoms with Crippen molar-refractivity contribution in [2.45, 2.75) is 52.7 Å². The number of rotatable bonds is 4. The van der Waals surface area contributed by atoms with Crippen LogP contribution in [0.4, 0.5) is 16.3 Å². The molecule has 146 valence electrons. The van der Waals surface area contributed by atoms with Crippen LogP contribution < -0.4 is 10.6 Å². The van der Waals surface area contributed by atoms with Gasteiger partial charge in [0.1, 0.15) is 17.1 Å². The van der Waals surface area contributed by atoms with E-state index in [9.17, 15) is 4.79 Å². The van der Waals surface area contributed by atoms with Gasteiger partial charge in [0.25, 0.3) is 0 Å². The molecule has 4 heterocycles. The summed E-state index contributed by atoms with van der Waals surface area (Å²) in [5.74, 6) is 0.952. The summed E-state index contributed by atoms with van der Waals surface area (Å²) in [5, 5.41) is 4.67. The van der Waals surface area contributed by atoms with Crippen molar-refractivity contribution in [3.63, 3.8) is 0 Å². The highest BCUT2D eigenvalue weighted by Gasteiger charge is 2.33. The molecule has 0 aliphatic carbocycles. The molecule has 2 aliphatic heterocycles. The third kappa shape index (κ3) is 3.06. The van der Waals surface area contributed by atoms with Crippen LogP contribution >= 0.6 is 0 Å². The Morgan fingerprint density at radius 3 is 2.64 bits per heavy atom. The molecule has 5 rings (SSSR count). The Balaban J connectivity index is 1.79. The van der Waals surface area contributed by atoms with Crippen molar-refractivity contribution in [1.82, 2.24) is 14.6 Å². The Bertz CT molecular complexity index is 1080. The fourth-order valence-electron chi connectivity index (χ4n) is 3.48. The minimum Gasteiger partial charge on any atom is -0.443 e. The average molecular weight is 379 g/mol. The predicted molar refractivity (Wildman–Crippen MR) is 109 cm³/mol. The number of carbonyl (C=O) groups excluding carboxylic acids is 1. The van der Waals surface area contributed by atoms with E-state index in [0.717, 1.165) is 28.2 Å². The molecule has 0 fully saturated rings. The van der Waals surface area contributed by atoms with Gasteiger partial charge in [-0.05, 0) is 44.4 Å². The van der Waals surface area contributed by atoms with Gasteiger partial charge in [-0.2, -0.15) is 9.61 Å². The zero-order valence-corrected chi connectivity index (χ0v) is 16.9. The van der Waals surface area contributed by atoms with Gasteiger partial charge >= 0.3 is 6.09 Å². The van der Waals surface area contributed by atoms with Crippen LogP contribution in [0.15, 0.2) is 30.3 Å². The van der Waals surface area contributed by atoms with Gasteiger partial charge < -0.3 is 10.5 Å². The molecule has 7 heteroatoms. The molecule has 7 nitrogen and oxygen atoms in total. The second kappa shape index (κ2) is 6.22. The van der Waals surface area contributed by atoms with E-state index in [2.05, 4.69) is 23.9 Å². The standard InChI is InChI=1S/C21H25N5O2/c1-12(2)17-18-15-10-16(26(24-18)19(17)23-15)25(20(27)28-21(3,4)5)11-13-7-6-8-14(22)9-13/h6-10,12H,11,22H2,1-5H3. The largest absolute Gasteiger partial charge is 0.443 e. The number of hydrogen-bond acceptors (Lipinski definition) is 5. The van der Waals surface area contributed by atoms with Crippen molar-refractivity contribution in [3.8, 4) is 11.4 Å². The lowest BCUT2D eigenvalue weighted by molar-refractivity contribution is 0.0575. The first-order valence-electron chi connectivity index (χ1n) is 9.43. The zero-order valence-electron chi connectivity index (χ0n) is 16.9. The number of aromatic nitrogens is 3. The van der Waals surface area contributed by atoms with Crippen LogP contribution in [0.25, 0.3) is 17.0 Å². The van der Waals surface area contributed by atoms with Crippen molar-refractivity contribution < 1.29 is 9.53 Å². The molecule has 1 aromatic carbocycles. The Morgan fingerprint density at radius 1 is 1.29 bits per heavy atom. The quantitative estimate of drug-likeness (QED) is 0.533. The molecule has 0 spiro atoms. The van der Waals surface area contributed by atoms with E-state index in [0.29, 0.717) is 24.0 Å². The molecule has 1 amide bonds. The highest BCUT2D eigenvalue weighted by molar-refractivity contribution is 5.90. The van der Waals surface area contributed by atoms with Gasteiger partial charge in [-0.3, -0.25) is 4.90 Å². The molecule has 0 saturated carbocycles. The van der Waals surface area contributed by atoms with Crippen molar-refractivity contribution in [2.24, 2.45) is 0 Å². The van der Waals surface area contributed by atoms with E-state index >= 15 is 0 Å². The van der Waals surface area contributed by atoms with Crippen LogP contribution in [-0.2, 0) is 11.3 Å². The topological polar surface area (TPSA) is 85.8 Å². The molecular weight excluding hydrogens is 354 g/mol.